The fourth-order valence-corrected chi connectivity index (χ4v) is 11.3. The fraction of sp³-hybridized carbons (Fsp3) is 0.158. The van der Waals surface area contributed by atoms with Crippen molar-refractivity contribution in [2.45, 2.75) is 57.8 Å². The largest absolute Gasteiger partial charge is 0.310 e. The molecule has 0 atom stereocenters. The number of hydrogen-bond donors (Lipinski definition) is 0. The molecule has 3 aliphatic rings. The van der Waals surface area contributed by atoms with E-state index in [2.05, 4.69) is 222 Å². The molecule has 11 rings (SSSR count). The average molecular weight is 746 g/mol. The molecule has 0 radical (unpaired) electrons. The summed E-state index contributed by atoms with van der Waals surface area (Å²) in [6.07, 6.45) is 0. The summed E-state index contributed by atoms with van der Waals surface area (Å²) in [5, 5.41) is 0. The highest BCUT2D eigenvalue weighted by atomic mass is 15.1. The summed E-state index contributed by atoms with van der Waals surface area (Å²) in [6.45, 7) is 14.1. The maximum Gasteiger partial charge on any atom is 0.0720 e. The first-order valence-corrected chi connectivity index (χ1v) is 20.8. The lowest BCUT2D eigenvalue weighted by molar-refractivity contribution is 0.563. The monoisotopic (exact) mass is 745 g/mol. The van der Waals surface area contributed by atoms with Crippen LogP contribution in [0.3, 0.4) is 0 Å². The Bertz CT molecular complexity index is 2910. The third-order valence-electron chi connectivity index (χ3n) is 13.9. The molecule has 0 unspecified atom stereocenters. The van der Waals surface area contributed by atoms with E-state index in [0.29, 0.717) is 0 Å². The van der Waals surface area contributed by atoms with Crippen molar-refractivity contribution in [1.29, 1.82) is 0 Å². The standard InChI is InChI=1S/C57H47N/c1-36-32-39(38-18-8-7-9-19-38)33-37(2)54(36)58(40-28-30-44-42-20-10-12-22-46(42)55(3,4)52(44)34-40)41-29-31-45-43-21-11-13-23-47(43)57(53(45)35-41)50-26-16-14-24-48(50)56(5,6)49-25-15-17-27-51(49)57/h7-35H,1-6H3. The van der Waals surface area contributed by atoms with Gasteiger partial charge in [-0.1, -0.05) is 167 Å². The second-order valence-electron chi connectivity index (χ2n) is 17.8. The molecule has 280 valence electrons. The summed E-state index contributed by atoms with van der Waals surface area (Å²) in [5.41, 5.74) is 24.1. The van der Waals surface area contributed by atoms with Crippen molar-refractivity contribution < 1.29 is 0 Å². The molecule has 1 heteroatoms. The number of hydrogen-bond acceptors (Lipinski definition) is 1. The number of rotatable bonds is 4. The zero-order valence-electron chi connectivity index (χ0n) is 34.2. The fourth-order valence-electron chi connectivity index (χ4n) is 11.3. The van der Waals surface area contributed by atoms with Crippen LogP contribution in [-0.2, 0) is 16.2 Å². The van der Waals surface area contributed by atoms with Crippen molar-refractivity contribution in [2.75, 3.05) is 4.90 Å². The van der Waals surface area contributed by atoms with Crippen LogP contribution in [0.5, 0.6) is 0 Å². The number of benzene rings is 8. The Kier molecular flexibility index (Phi) is 7.36. The van der Waals surface area contributed by atoms with Crippen LogP contribution in [-0.4, -0.2) is 0 Å². The summed E-state index contributed by atoms with van der Waals surface area (Å²) in [5.74, 6) is 0. The minimum absolute atomic E-state index is 0.124. The quantitative estimate of drug-likeness (QED) is 0.173. The molecule has 0 heterocycles. The van der Waals surface area contributed by atoms with Crippen LogP contribution in [0.2, 0.25) is 0 Å². The van der Waals surface area contributed by atoms with Gasteiger partial charge in [0, 0.05) is 22.2 Å². The Hall–Kier alpha value is -6.44. The average Bonchev–Trinajstić information content (AvgIpc) is 3.67. The second-order valence-corrected chi connectivity index (χ2v) is 17.8. The van der Waals surface area contributed by atoms with Crippen molar-refractivity contribution >= 4 is 17.1 Å². The molecule has 0 aromatic heterocycles. The maximum absolute atomic E-state index is 2.56. The molecule has 0 saturated heterocycles. The van der Waals surface area contributed by atoms with E-state index in [4.69, 9.17) is 0 Å². The van der Waals surface area contributed by atoms with Gasteiger partial charge in [-0.05, 0) is 139 Å². The summed E-state index contributed by atoms with van der Waals surface area (Å²) >= 11 is 0. The van der Waals surface area contributed by atoms with Crippen LogP contribution < -0.4 is 4.90 Å². The maximum atomic E-state index is 2.56. The van der Waals surface area contributed by atoms with Gasteiger partial charge in [0.15, 0.2) is 0 Å². The van der Waals surface area contributed by atoms with Gasteiger partial charge in [-0.3, -0.25) is 0 Å². The van der Waals surface area contributed by atoms with Crippen LogP contribution in [0.1, 0.15) is 83.3 Å². The van der Waals surface area contributed by atoms with Gasteiger partial charge in [0.1, 0.15) is 0 Å². The summed E-state index contributed by atoms with van der Waals surface area (Å²) in [4.78, 5) is 2.56. The highest BCUT2D eigenvalue weighted by Crippen LogP contribution is 2.63. The van der Waals surface area contributed by atoms with Crippen molar-refractivity contribution in [3.63, 3.8) is 0 Å². The smallest absolute Gasteiger partial charge is 0.0720 e. The molecule has 0 bridgehead atoms. The van der Waals surface area contributed by atoms with Crippen molar-refractivity contribution in [3.05, 3.63) is 232 Å². The first kappa shape index (κ1) is 34.8. The zero-order valence-corrected chi connectivity index (χ0v) is 34.2. The number of nitrogens with zero attached hydrogens (tertiary/aromatic N) is 1. The first-order chi connectivity index (χ1) is 28.1. The minimum Gasteiger partial charge on any atom is -0.310 e. The van der Waals surface area contributed by atoms with Gasteiger partial charge in [-0.15, -0.1) is 0 Å². The SMILES string of the molecule is Cc1cc(-c2ccccc2)cc(C)c1N(c1ccc2c(c1)C(C)(C)c1ccccc1-2)c1ccc2c(c1)C1(c3ccccc3-2)c2ccccc2C(C)(C)c2ccccc21. The Balaban J connectivity index is 1.20. The van der Waals surface area contributed by atoms with Crippen molar-refractivity contribution in [3.8, 4) is 33.4 Å². The normalized spacial score (nSPS) is 15.5. The van der Waals surface area contributed by atoms with E-state index >= 15 is 0 Å². The molecule has 0 aliphatic heterocycles. The van der Waals surface area contributed by atoms with Crippen LogP contribution in [0.4, 0.5) is 17.1 Å². The molecule has 0 fully saturated rings. The van der Waals surface area contributed by atoms with Crippen LogP contribution >= 0.6 is 0 Å². The number of aryl methyl sites for hydroxylation is 2. The third kappa shape index (κ3) is 4.59. The molecular formula is C57H47N. The van der Waals surface area contributed by atoms with E-state index < -0.39 is 5.41 Å². The molecule has 0 saturated carbocycles. The van der Waals surface area contributed by atoms with E-state index in [1.165, 1.54) is 100 Å². The van der Waals surface area contributed by atoms with Gasteiger partial charge in [0.25, 0.3) is 0 Å². The molecule has 8 aromatic carbocycles. The predicted octanol–water partition coefficient (Wildman–Crippen LogP) is 14.7. The van der Waals surface area contributed by atoms with E-state index in [1.807, 2.05) is 0 Å². The van der Waals surface area contributed by atoms with Gasteiger partial charge < -0.3 is 4.90 Å². The van der Waals surface area contributed by atoms with Crippen molar-refractivity contribution in [2.24, 2.45) is 0 Å². The topological polar surface area (TPSA) is 3.24 Å². The molecule has 0 N–H and O–H groups in total. The highest BCUT2D eigenvalue weighted by molar-refractivity contribution is 5.93. The Morgan fingerprint density at radius 3 is 1.33 bits per heavy atom. The van der Waals surface area contributed by atoms with Gasteiger partial charge >= 0.3 is 0 Å². The Morgan fingerprint density at radius 1 is 0.328 bits per heavy atom. The second kappa shape index (κ2) is 12.3. The lowest BCUT2D eigenvalue weighted by Gasteiger charge is -2.46. The Morgan fingerprint density at radius 2 is 0.741 bits per heavy atom. The van der Waals surface area contributed by atoms with E-state index in [-0.39, 0.29) is 10.8 Å². The van der Waals surface area contributed by atoms with Crippen molar-refractivity contribution in [1.82, 2.24) is 0 Å². The minimum atomic E-state index is -0.473. The van der Waals surface area contributed by atoms with Crippen LogP contribution in [0.15, 0.2) is 176 Å². The van der Waals surface area contributed by atoms with Gasteiger partial charge in [-0.25, -0.2) is 0 Å². The lowest BCUT2D eigenvalue weighted by atomic mass is 9.55. The summed E-state index contributed by atoms with van der Waals surface area (Å²) < 4.78 is 0. The lowest BCUT2D eigenvalue weighted by Crippen LogP contribution is -2.40. The van der Waals surface area contributed by atoms with E-state index in [0.717, 1.165) is 5.69 Å². The molecular weight excluding hydrogens is 699 g/mol. The number of fused-ring (bicyclic) bond motifs is 12. The van der Waals surface area contributed by atoms with E-state index in [9.17, 15) is 0 Å². The highest BCUT2D eigenvalue weighted by Gasteiger charge is 2.53. The molecule has 58 heavy (non-hydrogen) atoms. The zero-order chi connectivity index (χ0) is 39.6. The van der Waals surface area contributed by atoms with Gasteiger partial charge in [-0.2, -0.15) is 0 Å². The number of anilines is 3. The summed E-state index contributed by atoms with van der Waals surface area (Å²) in [7, 11) is 0. The van der Waals surface area contributed by atoms with Crippen LogP contribution in [0.25, 0.3) is 33.4 Å². The Labute approximate surface area is 343 Å². The predicted molar refractivity (Wildman–Crippen MR) is 243 cm³/mol. The van der Waals surface area contributed by atoms with Gasteiger partial charge in [0.2, 0.25) is 0 Å². The third-order valence-corrected chi connectivity index (χ3v) is 13.9. The van der Waals surface area contributed by atoms with Gasteiger partial charge in [0.05, 0.1) is 11.1 Å². The molecule has 1 spiro atoms. The molecule has 3 aliphatic carbocycles. The van der Waals surface area contributed by atoms with Crippen LogP contribution in [0, 0.1) is 13.8 Å². The first-order valence-electron chi connectivity index (χ1n) is 20.8. The van der Waals surface area contributed by atoms with E-state index in [1.54, 1.807) is 0 Å². The molecule has 1 nitrogen and oxygen atoms in total. The molecule has 8 aromatic rings. The molecule has 0 amide bonds. The summed E-state index contributed by atoms with van der Waals surface area (Å²) in [6, 6.07) is 66.6.